The Bertz CT molecular complexity index is 745. The Balaban J connectivity index is 2.54. The molecule has 0 aliphatic carbocycles. The molecule has 2 rings (SSSR count). The molecule has 10 heteroatoms. The largest absolute Gasteiger partial charge is 0.432 e. The maximum atomic E-state index is 13.5. The number of ether oxygens (including phenoxy) is 1. The molecule has 6 nitrogen and oxygen atoms in total. The van der Waals surface area contributed by atoms with Crippen molar-refractivity contribution in [3.8, 4) is 11.6 Å². The molecule has 0 saturated heterocycles. The summed E-state index contributed by atoms with van der Waals surface area (Å²) in [4.78, 5) is 17.7. The average molecular weight is 397 g/mol. The van der Waals surface area contributed by atoms with Crippen molar-refractivity contribution in [1.82, 2.24) is 9.97 Å². The van der Waals surface area contributed by atoms with Crippen molar-refractivity contribution in [2.45, 2.75) is 6.92 Å². The van der Waals surface area contributed by atoms with Crippen molar-refractivity contribution >= 4 is 44.8 Å². The first-order valence-electron chi connectivity index (χ1n) is 5.30. The van der Waals surface area contributed by atoms with Gasteiger partial charge >= 0.3 is 11.6 Å². The molecule has 0 radical (unpaired) electrons. The van der Waals surface area contributed by atoms with Gasteiger partial charge in [-0.15, -0.1) is 0 Å². The van der Waals surface area contributed by atoms with Crippen LogP contribution >= 0.6 is 39.1 Å². The number of nitrogens with zero attached hydrogens (tertiary/aromatic N) is 3. The maximum absolute atomic E-state index is 13.5. The van der Waals surface area contributed by atoms with Gasteiger partial charge in [0.1, 0.15) is 17.3 Å². The van der Waals surface area contributed by atoms with Crippen LogP contribution in [0.3, 0.4) is 0 Å². The zero-order valence-corrected chi connectivity index (χ0v) is 13.3. The third kappa shape index (κ3) is 3.39. The Morgan fingerprint density at radius 2 is 2.05 bits per heavy atom. The number of aromatic nitrogens is 2. The van der Waals surface area contributed by atoms with Crippen molar-refractivity contribution in [3.63, 3.8) is 0 Å². The van der Waals surface area contributed by atoms with Gasteiger partial charge in [0.25, 0.3) is 0 Å². The third-order valence-electron chi connectivity index (χ3n) is 2.36. The van der Waals surface area contributed by atoms with E-state index < -0.39 is 16.4 Å². The number of nitro groups is 1. The van der Waals surface area contributed by atoms with Crippen LogP contribution in [-0.4, -0.2) is 14.9 Å². The smallest absolute Gasteiger partial charge is 0.352 e. The van der Waals surface area contributed by atoms with Crippen LogP contribution in [0.1, 0.15) is 5.69 Å². The first kappa shape index (κ1) is 15.9. The Morgan fingerprint density at radius 3 is 2.67 bits per heavy atom. The molecule has 0 aliphatic rings. The summed E-state index contributed by atoms with van der Waals surface area (Å²) in [5.41, 5.74) is -0.429. The molecule has 2 aromatic rings. The highest BCUT2D eigenvalue weighted by atomic mass is 79.9. The zero-order valence-electron chi connectivity index (χ0n) is 10.2. The summed E-state index contributed by atoms with van der Waals surface area (Å²) in [7, 11) is 0. The Hall–Kier alpha value is -1.51. The molecule has 1 aromatic carbocycles. The van der Waals surface area contributed by atoms with Gasteiger partial charge in [-0.3, -0.25) is 10.1 Å². The highest BCUT2D eigenvalue weighted by Gasteiger charge is 2.24. The maximum Gasteiger partial charge on any atom is 0.352 e. The molecule has 0 N–H and O–H groups in total. The van der Waals surface area contributed by atoms with E-state index in [9.17, 15) is 14.5 Å². The Morgan fingerprint density at radius 1 is 1.38 bits per heavy atom. The number of rotatable bonds is 3. The van der Waals surface area contributed by atoms with E-state index in [1.807, 2.05) is 0 Å². The molecule has 0 saturated carbocycles. The molecule has 0 atom stereocenters. The van der Waals surface area contributed by atoms with Crippen LogP contribution in [0, 0.1) is 22.9 Å². The molecule has 110 valence electrons. The second kappa shape index (κ2) is 6.08. The number of hydrogen-bond donors (Lipinski definition) is 0. The number of aryl methyl sites for hydroxylation is 1. The van der Waals surface area contributed by atoms with E-state index in [-0.39, 0.29) is 27.6 Å². The molecule has 1 heterocycles. The van der Waals surface area contributed by atoms with E-state index in [1.165, 1.54) is 13.0 Å². The van der Waals surface area contributed by atoms with Gasteiger partial charge in [0.05, 0.1) is 14.4 Å². The molecule has 0 fully saturated rings. The van der Waals surface area contributed by atoms with E-state index in [2.05, 4.69) is 25.9 Å². The van der Waals surface area contributed by atoms with E-state index in [0.29, 0.717) is 4.47 Å². The molecular weight excluding hydrogens is 392 g/mol. The predicted molar refractivity (Wildman–Crippen MR) is 77.6 cm³/mol. The van der Waals surface area contributed by atoms with Crippen LogP contribution < -0.4 is 4.74 Å². The first-order valence-corrected chi connectivity index (χ1v) is 6.85. The van der Waals surface area contributed by atoms with Gasteiger partial charge in [-0.2, -0.15) is 4.98 Å². The van der Waals surface area contributed by atoms with Crippen LogP contribution in [0.5, 0.6) is 11.6 Å². The molecule has 1 aromatic heterocycles. The Labute approximate surface area is 136 Å². The van der Waals surface area contributed by atoms with Gasteiger partial charge in [0.2, 0.25) is 5.28 Å². The molecule has 0 bridgehead atoms. The van der Waals surface area contributed by atoms with Crippen molar-refractivity contribution < 1.29 is 14.1 Å². The third-order valence-corrected chi connectivity index (χ3v) is 3.44. The molecule has 0 aliphatic heterocycles. The van der Waals surface area contributed by atoms with Gasteiger partial charge in [-0.25, -0.2) is 9.37 Å². The number of hydrogen-bond acceptors (Lipinski definition) is 5. The van der Waals surface area contributed by atoms with E-state index in [0.717, 1.165) is 6.07 Å². The van der Waals surface area contributed by atoms with Crippen LogP contribution in [0.25, 0.3) is 0 Å². The van der Waals surface area contributed by atoms with Gasteiger partial charge in [-0.1, -0.05) is 11.6 Å². The lowest BCUT2D eigenvalue weighted by Gasteiger charge is -2.09. The van der Waals surface area contributed by atoms with E-state index in [1.54, 1.807) is 0 Å². The normalized spacial score (nSPS) is 10.5. The zero-order chi connectivity index (χ0) is 15.7. The second-order valence-corrected chi connectivity index (χ2v) is 5.39. The van der Waals surface area contributed by atoms with Crippen molar-refractivity contribution in [3.05, 3.63) is 48.5 Å². The lowest BCUT2D eigenvalue weighted by Crippen LogP contribution is -2.02. The fraction of sp³-hybridized carbons (Fsp3) is 0.0909. The standard InChI is InChI=1S/C11H5BrCl2FN3O3/c1-4-9(18(19)20)10(17-11(14)16-4)21-8-3-7(15)6(13)2-5(8)12/h2-3H,1H3. The van der Waals surface area contributed by atoms with Gasteiger partial charge in [0.15, 0.2) is 0 Å². The SMILES string of the molecule is Cc1nc(Cl)nc(Oc2cc(F)c(Cl)cc2Br)c1[N+](=O)[O-]. The minimum absolute atomic E-state index is 0.0283. The summed E-state index contributed by atoms with van der Waals surface area (Å²) in [5, 5.41) is 10.7. The van der Waals surface area contributed by atoms with Crippen LogP contribution in [-0.2, 0) is 0 Å². The highest BCUT2D eigenvalue weighted by molar-refractivity contribution is 9.10. The summed E-state index contributed by atoms with van der Waals surface area (Å²) in [6.07, 6.45) is 0. The Kier molecular flexibility index (Phi) is 4.60. The summed E-state index contributed by atoms with van der Waals surface area (Å²) >= 11 is 14.4. The van der Waals surface area contributed by atoms with E-state index >= 15 is 0 Å². The minimum Gasteiger partial charge on any atom is -0.432 e. The minimum atomic E-state index is -0.741. The topological polar surface area (TPSA) is 78.2 Å². The second-order valence-electron chi connectivity index (χ2n) is 3.79. The summed E-state index contributed by atoms with van der Waals surface area (Å²) in [5.74, 6) is -1.16. The summed E-state index contributed by atoms with van der Waals surface area (Å²) < 4.78 is 19.0. The fourth-order valence-corrected chi connectivity index (χ4v) is 2.40. The first-order chi connectivity index (χ1) is 9.79. The average Bonchev–Trinajstić information content (AvgIpc) is 2.34. The van der Waals surface area contributed by atoms with Crippen LogP contribution in [0.4, 0.5) is 10.1 Å². The van der Waals surface area contributed by atoms with Crippen molar-refractivity contribution in [2.24, 2.45) is 0 Å². The quantitative estimate of drug-likeness (QED) is 0.325. The molecule has 21 heavy (non-hydrogen) atoms. The van der Waals surface area contributed by atoms with Gasteiger partial charge < -0.3 is 4.74 Å². The van der Waals surface area contributed by atoms with Gasteiger partial charge in [0, 0.05) is 6.07 Å². The predicted octanol–water partition coefficient (Wildman–Crippen LogP) is 4.69. The molecule has 0 amide bonds. The monoisotopic (exact) mass is 395 g/mol. The summed E-state index contributed by atoms with van der Waals surface area (Å²) in [6, 6.07) is 2.23. The lowest BCUT2D eigenvalue weighted by atomic mass is 10.3. The van der Waals surface area contributed by atoms with Gasteiger partial charge in [-0.05, 0) is 40.5 Å². The molecule has 0 unspecified atom stereocenters. The van der Waals surface area contributed by atoms with E-state index in [4.69, 9.17) is 27.9 Å². The summed E-state index contributed by atoms with van der Waals surface area (Å²) in [6.45, 7) is 1.38. The number of halogens is 4. The van der Waals surface area contributed by atoms with Crippen molar-refractivity contribution in [1.29, 1.82) is 0 Å². The number of benzene rings is 1. The molecular formula is C11H5BrCl2FN3O3. The van der Waals surface area contributed by atoms with Crippen LogP contribution in [0.15, 0.2) is 16.6 Å². The highest BCUT2D eigenvalue weighted by Crippen LogP contribution is 2.37. The lowest BCUT2D eigenvalue weighted by molar-refractivity contribution is -0.386. The molecule has 0 spiro atoms. The fourth-order valence-electron chi connectivity index (χ4n) is 1.48. The van der Waals surface area contributed by atoms with Crippen LogP contribution in [0.2, 0.25) is 10.3 Å². The van der Waals surface area contributed by atoms with Crippen molar-refractivity contribution in [2.75, 3.05) is 0 Å².